The number of methoxy groups -OCH3 is 1. The Morgan fingerprint density at radius 1 is 1.00 bits per heavy atom. The quantitative estimate of drug-likeness (QED) is 0.499. The SMILES string of the molecule is COc1cccc(CN(C(=O)CCCN2C(=O)c3ccccc3C2=O)[C@H](C)C(=O)NCC(C)C)c1. The van der Waals surface area contributed by atoms with Crippen LogP contribution in [0.5, 0.6) is 5.75 Å². The van der Waals surface area contributed by atoms with E-state index in [1.54, 1.807) is 38.3 Å². The number of ether oxygens (including phenoxy) is 1. The van der Waals surface area contributed by atoms with E-state index in [9.17, 15) is 19.2 Å². The zero-order chi connectivity index (χ0) is 25.5. The Bertz CT molecular complexity index is 1060. The van der Waals surface area contributed by atoms with Crippen LogP contribution in [0.25, 0.3) is 0 Å². The molecule has 1 N–H and O–H groups in total. The molecule has 35 heavy (non-hydrogen) atoms. The molecule has 1 aliphatic rings. The van der Waals surface area contributed by atoms with Crippen LogP contribution in [0.3, 0.4) is 0 Å². The Morgan fingerprint density at radius 3 is 2.26 bits per heavy atom. The number of benzene rings is 2. The highest BCUT2D eigenvalue weighted by Gasteiger charge is 2.35. The molecule has 3 rings (SSSR count). The molecule has 0 radical (unpaired) electrons. The van der Waals surface area contributed by atoms with E-state index in [0.717, 1.165) is 5.56 Å². The van der Waals surface area contributed by atoms with Crippen molar-refractivity contribution < 1.29 is 23.9 Å². The number of hydrogen-bond donors (Lipinski definition) is 1. The predicted molar refractivity (Wildman–Crippen MR) is 132 cm³/mol. The smallest absolute Gasteiger partial charge is 0.261 e. The highest BCUT2D eigenvalue weighted by molar-refractivity contribution is 6.21. The summed E-state index contributed by atoms with van der Waals surface area (Å²) in [5, 5.41) is 2.89. The van der Waals surface area contributed by atoms with Crippen molar-refractivity contribution in [2.75, 3.05) is 20.2 Å². The van der Waals surface area contributed by atoms with E-state index in [0.29, 0.717) is 29.8 Å². The highest BCUT2D eigenvalue weighted by atomic mass is 16.5. The lowest BCUT2D eigenvalue weighted by Gasteiger charge is -2.29. The Hall–Kier alpha value is -3.68. The average molecular weight is 480 g/mol. The van der Waals surface area contributed by atoms with Crippen LogP contribution in [-0.2, 0) is 16.1 Å². The topological polar surface area (TPSA) is 96.0 Å². The number of carbonyl (C=O) groups excluding carboxylic acids is 4. The van der Waals surface area contributed by atoms with Crippen molar-refractivity contribution >= 4 is 23.6 Å². The highest BCUT2D eigenvalue weighted by Crippen LogP contribution is 2.23. The van der Waals surface area contributed by atoms with Gasteiger partial charge in [0, 0.05) is 26.1 Å². The van der Waals surface area contributed by atoms with Gasteiger partial charge in [0.05, 0.1) is 18.2 Å². The molecule has 0 bridgehead atoms. The molecule has 186 valence electrons. The fourth-order valence-corrected chi connectivity index (χ4v) is 3.98. The van der Waals surface area contributed by atoms with Crippen molar-refractivity contribution in [3.63, 3.8) is 0 Å². The lowest BCUT2D eigenvalue weighted by Crippen LogP contribution is -2.48. The third-order valence-electron chi connectivity index (χ3n) is 5.99. The minimum absolute atomic E-state index is 0.0964. The maximum absolute atomic E-state index is 13.3. The maximum atomic E-state index is 13.3. The van der Waals surface area contributed by atoms with Gasteiger partial charge in [0.25, 0.3) is 11.8 Å². The van der Waals surface area contributed by atoms with Crippen LogP contribution in [0.4, 0.5) is 0 Å². The largest absolute Gasteiger partial charge is 0.497 e. The number of rotatable bonds is 11. The maximum Gasteiger partial charge on any atom is 0.261 e. The van der Waals surface area contributed by atoms with Gasteiger partial charge in [-0.3, -0.25) is 24.1 Å². The Kier molecular flexibility index (Phi) is 8.63. The summed E-state index contributed by atoms with van der Waals surface area (Å²) in [6, 6.07) is 13.4. The molecule has 4 amide bonds. The Balaban J connectivity index is 1.68. The minimum Gasteiger partial charge on any atom is -0.497 e. The van der Waals surface area contributed by atoms with Gasteiger partial charge in [-0.15, -0.1) is 0 Å². The standard InChI is InChI=1S/C27H33N3O5/c1-18(2)16-28-25(32)19(3)30(17-20-9-7-10-21(15-20)35-4)24(31)13-8-14-29-26(33)22-11-5-6-12-23(22)27(29)34/h5-7,9-12,15,18-19H,8,13-14,16-17H2,1-4H3,(H,28,32)/t19-/m1/s1. The molecule has 0 saturated heterocycles. The Labute approximate surface area is 206 Å². The zero-order valence-corrected chi connectivity index (χ0v) is 20.7. The van der Waals surface area contributed by atoms with Crippen LogP contribution in [0, 0.1) is 5.92 Å². The van der Waals surface area contributed by atoms with Crippen LogP contribution < -0.4 is 10.1 Å². The third kappa shape index (κ3) is 6.26. The van der Waals surface area contributed by atoms with E-state index in [2.05, 4.69) is 5.32 Å². The number of amides is 4. The summed E-state index contributed by atoms with van der Waals surface area (Å²) < 4.78 is 5.29. The van der Waals surface area contributed by atoms with Gasteiger partial charge in [-0.25, -0.2) is 0 Å². The van der Waals surface area contributed by atoms with Crippen LogP contribution >= 0.6 is 0 Å². The first-order valence-electron chi connectivity index (χ1n) is 11.9. The summed E-state index contributed by atoms with van der Waals surface area (Å²) in [6.07, 6.45) is 0.401. The van der Waals surface area contributed by atoms with E-state index >= 15 is 0 Å². The number of hydrogen-bond acceptors (Lipinski definition) is 5. The second kappa shape index (κ2) is 11.6. The average Bonchev–Trinajstić information content (AvgIpc) is 3.10. The van der Waals surface area contributed by atoms with Gasteiger partial charge in [-0.2, -0.15) is 0 Å². The van der Waals surface area contributed by atoms with E-state index in [4.69, 9.17) is 4.74 Å². The lowest BCUT2D eigenvalue weighted by molar-refractivity contribution is -0.140. The lowest BCUT2D eigenvalue weighted by atomic mass is 10.1. The summed E-state index contributed by atoms with van der Waals surface area (Å²) in [6.45, 7) is 6.60. The molecule has 0 unspecified atom stereocenters. The van der Waals surface area contributed by atoms with Gasteiger partial charge in [-0.05, 0) is 49.1 Å². The second-order valence-electron chi connectivity index (χ2n) is 9.10. The molecule has 1 heterocycles. The molecule has 0 aliphatic carbocycles. The first kappa shape index (κ1) is 25.9. The fraction of sp³-hybridized carbons (Fsp3) is 0.407. The minimum atomic E-state index is -0.688. The van der Waals surface area contributed by atoms with Gasteiger partial charge >= 0.3 is 0 Å². The van der Waals surface area contributed by atoms with Crippen molar-refractivity contribution in [2.45, 2.75) is 46.2 Å². The van der Waals surface area contributed by atoms with Crippen molar-refractivity contribution in [2.24, 2.45) is 5.92 Å². The summed E-state index contributed by atoms with van der Waals surface area (Å²) in [7, 11) is 1.57. The molecule has 0 spiro atoms. The normalized spacial score (nSPS) is 13.6. The fourth-order valence-electron chi connectivity index (χ4n) is 3.98. The van der Waals surface area contributed by atoms with E-state index in [1.165, 1.54) is 9.80 Å². The zero-order valence-electron chi connectivity index (χ0n) is 20.7. The predicted octanol–water partition coefficient (Wildman–Crippen LogP) is 3.26. The molecular formula is C27H33N3O5. The van der Waals surface area contributed by atoms with Crippen molar-refractivity contribution in [3.8, 4) is 5.75 Å². The van der Waals surface area contributed by atoms with Gasteiger partial charge in [0.15, 0.2) is 0 Å². The van der Waals surface area contributed by atoms with Gasteiger partial charge < -0.3 is 15.0 Å². The number of carbonyl (C=O) groups is 4. The molecular weight excluding hydrogens is 446 g/mol. The number of imide groups is 1. The first-order chi connectivity index (χ1) is 16.7. The van der Waals surface area contributed by atoms with Crippen molar-refractivity contribution in [1.82, 2.24) is 15.1 Å². The summed E-state index contributed by atoms with van der Waals surface area (Å²) in [5.41, 5.74) is 1.61. The van der Waals surface area contributed by atoms with Crippen LogP contribution in [0.1, 0.15) is 59.9 Å². The molecule has 0 aromatic heterocycles. The first-order valence-corrected chi connectivity index (χ1v) is 11.9. The van der Waals surface area contributed by atoms with E-state index in [1.807, 2.05) is 38.1 Å². The van der Waals surface area contributed by atoms with Crippen LogP contribution in [0.15, 0.2) is 48.5 Å². The van der Waals surface area contributed by atoms with Gasteiger partial charge in [-0.1, -0.05) is 38.1 Å². The van der Waals surface area contributed by atoms with Crippen molar-refractivity contribution in [3.05, 3.63) is 65.2 Å². The molecule has 2 aromatic rings. The van der Waals surface area contributed by atoms with Gasteiger partial charge in [0.2, 0.25) is 11.8 Å². The second-order valence-corrected chi connectivity index (χ2v) is 9.10. The monoisotopic (exact) mass is 479 g/mol. The number of nitrogens with one attached hydrogen (secondary N) is 1. The van der Waals surface area contributed by atoms with Crippen LogP contribution in [-0.4, -0.2) is 59.7 Å². The summed E-state index contributed by atoms with van der Waals surface area (Å²) in [5.74, 6) is -0.182. The molecule has 8 heteroatoms. The van der Waals surface area contributed by atoms with E-state index < -0.39 is 6.04 Å². The molecule has 1 aliphatic heterocycles. The van der Waals surface area contributed by atoms with E-state index in [-0.39, 0.29) is 49.1 Å². The molecule has 1 atom stereocenters. The Morgan fingerprint density at radius 2 is 1.66 bits per heavy atom. The number of nitrogens with zero attached hydrogens (tertiary/aromatic N) is 2. The number of fused-ring (bicyclic) bond motifs is 1. The summed E-state index contributed by atoms with van der Waals surface area (Å²) >= 11 is 0. The molecule has 0 saturated carbocycles. The van der Waals surface area contributed by atoms with Crippen molar-refractivity contribution in [1.29, 1.82) is 0 Å². The molecule has 2 aromatic carbocycles. The third-order valence-corrected chi connectivity index (χ3v) is 5.99. The summed E-state index contributed by atoms with van der Waals surface area (Å²) in [4.78, 5) is 53.9. The van der Waals surface area contributed by atoms with Crippen LogP contribution in [0.2, 0.25) is 0 Å². The molecule has 0 fully saturated rings. The van der Waals surface area contributed by atoms with Gasteiger partial charge in [0.1, 0.15) is 11.8 Å². The molecule has 8 nitrogen and oxygen atoms in total.